The van der Waals surface area contributed by atoms with Crippen LogP contribution in [0, 0.1) is 0 Å². The van der Waals surface area contributed by atoms with Crippen molar-refractivity contribution in [2.45, 2.75) is 0 Å². The number of benzene rings is 2. The van der Waals surface area contributed by atoms with Crippen molar-refractivity contribution in [2.75, 3.05) is 25.9 Å². The van der Waals surface area contributed by atoms with Crippen LogP contribution in [0.4, 0.5) is 5.69 Å². The van der Waals surface area contributed by atoms with E-state index >= 15 is 0 Å². The first kappa shape index (κ1) is 16.2. The SMILES string of the molecule is COC(=O)c1ccc2cc(NS(=O)(=O)NN(C)C)ccc2c1. The maximum absolute atomic E-state index is 11.8. The van der Waals surface area contributed by atoms with Gasteiger partial charge in [0.2, 0.25) is 0 Å². The third-order valence-electron chi connectivity index (χ3n) is 2.82. The molecule has 0 aliphatic rings. The lowest BCUT2D eigenvalue weighted by atomic mass is 10.1. The first-order valence-electron chi connectivity index (χ1n) is 6.40. The number of methoxy groups -OCH3 is 1. The molecular weight excluding hydrogens is 306 g/mol. The number of nitrogens with zero attached hydrogens (tertiary/aromatic N) is 1. The summed E-state index contributed by atoms with van der Waals surface area (Å²) in [6.45, 7) is 0. The summed E-state index contributed by atoms with van der Waals surface area (Å²) in [5, 5.41) is 2.94. The van der Waals surface area contributed by atoms with E-state index in [-0.39, 0.29) is 0 Å². The molecule has 0 spiro atoms. The van der Waals surface area contributed by atoms with Crippen LogP contribution in [-0.2, 0) is 14.9 Å². The zero-order chi connectivity index (χ0) is 16.3. The highest BCUT2D eigenvalue weighted by Crippen LogP contribution is 2.21. The number of hydrogen-bond donors (Lipinski definition) is 2. The molecule has 2 aromatic rings. The second-order valence-corrected chi connectivity index (χ2v) is 6.25. The van der Waals surface area contributed by atoms with Crippen molar-refractivity contribution in [3.05, 3.63) is 42.0 Å². The molecule has 7 nitrogen and oxygen atoms in total. The number of anilines is 1. The molecular formula is C14H17N3O4S. The Bertz CT molecular complexity index is 803. The van der Waals surface area contributed by atoms with E-state index in [0.717, 1.165) is 10.8 Å². The molecule has 0 saturated carbocycles. The summed E-state index contributed by atoms with van der Waals surface area (Å²) in [6.07, 6.45) is 0. The second kappa shape index (κ2) is 6.30. The molecule has 118 valence electrons. The normalized spacial score (nSPS) is 11.6. The third-order valence-corrected chi connectivity index (χ3v) is 3.93. The molecule has 0 fully saturated rings. The van der Waals surface area contributed by atoms with Gasteiger partial charge >= 0.3 is 16.2 Å². The number of ether oxygens (including phenoxy) is 1. The molecule has 0 atom stereocenters. The van der Waals surface area contributed by atoms with Crippen LogP contribution in [0.25, 0.3) is 10.8 Å². The number of rotatable bonds is 5. The van der Waals surface area contributed by atoms with Crippen LogP contribution in [0.2, 0.25) is 0 Å². The average Bonchev–Trinajstić information content (AvgIpc) is 2.43. The van der Waals surface area contributed by atoms with Crippen LogP contribution < -0.4 is 9.55 Å². The molecule has 22 heavy (non-hydrogen) atoms. The number of carbonyl (C=O) groups excluding carboxylic acids is 1. The van der Waals surface area contributed by atoms with Gasteiger partial charge in [0, 0.05) is 14.1 Å². The number of carbonyl (C=O) groups is 1. The molecule has 0 aromatic heterocycles. The smallest absolute Gasteiger partial charge is 0.337 e. The van der Waals surface area contributed by atoms with Crippen LogP contribution in [0.1, 0.15) is 10.4 Å². The fourth-order valence-electron chi connectivity index (χ4n) is 1.97. The van der Waals surface area contributed by atoms with Gasteiger partial charge in [0.05, 0.1) is 18.4 Å². The Kier molecular flexibility index (Phi) is 4.65. The Morgan fingerprint density at radius 1 is 1.09 bits per heavy atom. The largest absolute Gasteiger partial charge is 0.465 e. The number of esters is 1. The predicted octanol–water partition coefficient (Wildman–Crippen LogP) is 1.35. The topological polar surface area (TPSA) is 87.7 Å². The first-order valence-corrected chi connectivity index (χ1v) is 7.89. The van der Waals surface area contributed by atoms with Gasteiger partial charge in [0.15, 0.2) is 0 Å². The molecule has 0 aliphatic heterocycles. The summed E-state index contributed by atoms with van der Waals surface area (Å²) >= 11 is 0. The van der Waals surface area contributed by atoms with E-state index in [1.165, 1.54) is 12.1 Å². The van der Waals surface area contributed by atoms with Crippen molar-refractivity contribution in [3.63, 3.8) is 0 Å². The Balaban J connectivity index is 2.30. The van der Waals surface area contributed by atoms with Crippen molar-refractivity contribution < 1.29 is 17.9 Å². The predicted molar refractivity (Wildman–Crippen MR) is 84.7 cm³/mol. The monoisotopic (exact) mass is 323 g/mol. The minimum Gasteiger partial charge on any atom is -0.465 e. The van der Waals surface area contributed by atoms with Crippen molar-refractivity contribution >= 4 is 32.6 Å². The fourth-order valence-corrected chi connectivity index (χ4v) is 2.94. The van der Waals surface area contributed by atoms with Crippen molar-refractivity contribution in [1.82, 2.24) is 9.84 Å². The summed E-state index contributed by atoms with van der Waals surface area (Å²) < 4.78 is 30.7. The highest BCUT2D eigenvalue weighted by Gasteiger charge is 2.11. The quantitative estimate of drug-likeness (QED) is 0.640. The fraction of sp³-hybridized carbons (Fsp3) is 0.214. The van der Waals surface area contributed by atoms with Gasteiger partial charge in [-0.25, -0.2) is 9.80 Å². The average molecular weight is 323 g/mol. The Morgan fingerprint density at radius 2 is 1.73 bits per heavy atom. The van der Waals surface area contributed by atoms with Gasteiger partial charge in [0.1, 0.15) is 0 Å². The second-order valence-electron chi connectivity index (χ2n) is 4.86. The zero-order valence-corrected chi connectivity index (χ0v) is 13.3. The molecule has 2 aromatic carbocycles. The van der Waals surface area contributed by atoms with E-state index in [1.807, 2.05) is 0 Å². The highest BCUT2D eigenvalue weighted by atomic mass is 32.2. The van der Waals surface area contributed by atoms with Gasteiger partial charge in [-0.3, -0.25) is 4.72 Å². The van der Waals surface area contributed by atoms with Gasteiger partial charge in [-0.1, -0.05) is 12.1 Å². The van der Waals surface area contributed by atoms with Gasteiger partial charge in [-0.2, -0.15) is 8.42 Å². The molecule has 0 bridgehead atoms. The molecule has 2 N–H and O–H groups in total. The molecule has 0 aliphatic carbocycles. The molecule has 0 unspecified atom stereocenters. The van der Waals surface area contributed by atoms with Gasteiger partial charge < -0.3 is 4.74 Å². The maximum atomic E-state index is 11.8. The molecule has 0 amide bonds. The van der Waals surface area contributed by atoms with E-state index in [2.05, 4.69) is 14.3 Å². The lowest BCUT2D eigenvalue weighted by Gasteiger charge is -2.14. The molecule has 0 heterocycles. The van der Waals surface area contributed by atoms with E-state index in [9.17, 15) is 13.2 Å². The van der Waals surface area contributed by atoms with E-state index in [1.54, 1.807) is 50.5 Å². The summed E-state index contributed by atoms with van der Waals surface area (Å²) in [4.78, 5) is 13.8. The number of hydrogen-bond acceptors (Lipinski definition) is 5. The number of hydrazine groups is 1. The van der Waals surface area contributed by atoms with Crippen molar-refractivity contribution in [1.29, 1.82) is 0 Å². The van der Waals surface area contributed by atoms with Crippen LogP contribution in [-0.4, -0.2) is 40.6 Å². The molecule has 8 heteroatoms. The van der Waals surface area contributed by atoms with Gasteiger partial charge in [-0.05, 0) is 35.0 Å². The van der Waals surface area contributed by atoms with Gasteiger partial charge in [0.25, 0.3) is 0 Å². The Labute approximate surface area is 129 Å². The number of fused-ring (bicyclic) bond motifs is 1. The Hall–Kier alpha value is -2.16. The molecule has 0 radical (unpaired) electrons. The molecule has 2 rings (SSSR count). The lowest BCUT2D eigenvalue weighted by molar-refractivity contribution is 0.0601. The number of nitrogens with one attached hydrogen (secondary N) is 2. The van der Waals surface area contributed by atoms with E-state index in [4.69, 9.17) is 0 Å². The van der Waals surface area contributed by atoms with Crippen LogP contribution in [0.5, 0.6) is 0 Å². The highest BCUT2D eigenvalue weighted by molar-refractivity contribution is 7.90. The van der Waals surface area contributed by atoms with Crippen LogP contribution in [0.3, 0.4) is 0 Å². The third kappa shape index (κ3) is 3.94. The van der Waals surface area contributed by atoms with Crippen LogP contribution in [0.15, 0.2) is 36.4 Å². The zero-order valence-electron chi connectivity index (χ0n) is 12.5. The summed E-state index contributed by atoms with van der Waals surface area (Å²) in [5.41, 5.74) is 0.866. The minimum absolute atomic E-state index is 0.415. The Morgan fingerprint density at radius 3 is 2.36 bits per heavy atom. The van der Waals surface area contributed by atoms with E-state index < -0.39 is 16.2 Å². The first-order chi connectivity index (χ1) is 10.3. The maximum Gasteiger partial charge on any atom is 0.337 e. The summed E-state index contributed by atoms with van der Waals surface area (Å²) in [7, 11) is 0.800. The van der Waals surface area contributed by atoms with Crippen molar-refractivity contribution in [2.24, 2.45) is 0 Å². The lowest BCUT2D eigenvalue weighted by Crippen LogP contribution is -2.39. The minimum atomic E-state index is -3.68. The summed E-state index contributed by atoms with van der Waals surface area (Å²) in [6, 6.07) is 10.1. The summed E-state index contributed by atoms with van der Waals surface area (Å²) in [5.74, 6) is -0.415. The van der Waals surface area contributed by atoms with Crippen LogP contribution >= 0.6 is 0 Å². The molecule has 0 saturated heterocycles. The van der Waals surface area contributed by atoms with Gasteiger partial charge in [-0.15, -0.1) is 4.83 Å². The van der Waals surface area contributed by atoms with Crippen molar-refractivity contribution in [3.8, 4) is 0 Å². The van der Waals surface area contributed by atoms with E-state index in [0.29, 0.717) is 11.3 Å². The standard InChI is InChI=1S/C14H17N3O4S/c1-17(2)16-22(19,20)15-13-7-6-10-8-12(14(18)21-3)5-4-11(10)9-13/h4-9,15-16H,1-3H3.